The predicted molar refractivity (Wildman–Crippen MR) is 176 cm³/mol. The Labute approximate surface area is 270 Å². The molecule has 1 atom stereocenters. The molecule has 12 heteroatoms. The number of hydrogen-bond acceptors (Lipinski definition) is 8. The van der Waals surface area contributed by atoms with E-state index < -0.39 is 12.0 Å². The third-order valence-corrected chi connectivity index (χ3v) is 9.73. The van der Waals surface area contributed by atoms with E-state index >= 15 is 0 Å². The van der Waals surface area contributed by atoms with Crippen molar-refractivity contribution in [2.24, 2.45) is 10.7 Å². The summed E-state index contributed by atoms with van der Waals surface area (Å²) < 4.78 is 2.05. The lowest BCUT2D eigenvalue weighted by Gasteiger charge is -2.36. The van der Waals surface area contributed by atoms with Crippen molar-refractivity contribution in [3.8, 4) is 16.8 Å². The van der Waals surface area contributed by atoms with Gasteiger partial charge in [0.05, 0.1) is 24.2 Å². The number of carbonyl (C=O) groups is 2. The Morgan fingerprint density at radius 3 is 2.49 bits per heavy atom. The monoisotopic (exact) mass is 641 g/mol. The maximum absolute atomic E-state index is 13.8. The SMILES string of the molecule is Cc1sc2c(c1C)C(c1ccc(Cl)cc1)=N[C@@H](CC(=O)N1CCN(c3ccc(C#CCN)c(C(=O)O)c3)CC1)c1nnc(C)n1-2. The summed E-state index contributed by atoms with van der Waals surface area (Å²) in [6.07, 6.45) is 0.139. The number of carboxylic acids is 1. The number of aromatic nitrogens is 3. The minimum absolute atomic E-state index is 0.0251. The molecule has 4 aromatic rings. The number of thiophene rings is 1. The Balaban J connectivity index is 1.26. The number of aryl methyl sites for hydroxylation is 2. The van der Waals surface area contributed by atoms with Crippen LogP contribution < -0.4 is 10.6 Å². The number of carboxylic acid groups (broad SMARTS) is 1. The van der Waals surface area contributed by atoms with Crippen LogP contribution in [0.1, 0.15) is 61.6 Å². The summed E-state index contributed by atoms with van der Waals surface area (Å²) in [7, 11) is 0. The summed E-state index contributed by atoms with van der Waals surface area (Å²) in [5.41, 5.74) is 10.7. The van der Waals surface area contributed by atoms with Gasteiger partial charge in [0.25, 0.3) is 0 Å². The molecule has 2 aliphatic heterocycles. The number of hydrogen-bond donors (Lipinski definition) is 2. The highest BCUT2D eigenvalue weighted by atomic mass is 35.5. The van der Waals surface area contributed by atoms with Gasteiger partial charge in [-0.25, -0.2) is 4.79 Å². The van der Waals surface area contributed by atoms with E-state index in [-0.39, 0.29) is 24.4 Å². The van der Waals surface area contributed by atoms with Crippen molar-refractivity contribution in [1.29, 1.82) is 0 Å². The fraction of sp³-hybridized carbons (Fsp3) is 0.303. The van der Waals surface area contributed by atoms with Crippen molar-refractivity contribution in [1.82, 2.24) is 19.7 Å². The van der Waals surface area contributed by atoms with Crippen molar-refractivity contribution in [2.75, 3.05) is 37.6 Å². The Morgan fingerprint density at radius 2 is 1.80 bits per heavy atom. The topological polar surface area (TPSA) is 130 Å². The molecule has 0 radical (unpaired) electrons. The minimum Gasteiger partial charge on any atom is -0.478 e. The Morgan fingerprint density at radius 1 is 1.07 bits per heavy atom. The standard InChI is InChI=1S/C33H32ClN7O3S/c1-19-20(2)45-32-29(19)30(23-6-9-24(34)10-7-23)36-27(31-38-37-21(3)41(31)32)18-28(42)40-15-13-39(14-16-40)25-11-8-22(5-4-12-35)26(17-25)33(43)44/h6-11,17,27H,12-16,18,35H2,1-3H3,(H,43,44)/t27-/m0/s1. The van der Waals surface area contributed by atoms with Gasteiger partial charge in [-0.15, -0.1) is 21.5 Å². The van der Waals surface area contributed by atoms with Crippen LogP contribution in [0.5, 0.6) is 0 Å². The van der Waals surface area contributed by atoms with Crippen molar-refractivity contribution in [3.63, 3.8) is 0 Å². The quantitative estimate of drug-likeness (QED) is 0.306. The first-order valence-corrected chi connectivity index (χ1v) is 15.8. The number of nitrogens with zero attached hydrogens (tertiary/aromatic N) is 6. The number of anilines is 1. The fourth-order valence-corrected chi connectivity index (χ4v) is 7.14. The third-order valence-electron chi connectivity index (χ3n) is 8.28. The summed E-state index contributed by atoms with van der Waals surface area (Å²) in [5.74, 6) is 5.86. The highest BCUT2D eigenvalue weighted by Gasteiger charge is 2.34. The van der Waals surface area contributed by atoms with Crippen molar-refractivity contribution >= 4 is 46.2 Å². The van der Waals surface area contributed by atoms with Crippen LogP contribution >= 0.6 is 22.9 Å². The van der Waals surface area contributed by atoms with E-state index in [1.54, 1.807) is 23.5 Å². The number of aromatic carboxylic acids is 1. The lowest BCUT2D eigenvalue weighted by Crippen LogP contribution is -2.49. The van der Waals surface area contributed by atoms with E-state index in [2.05, 4.69) is 40.8 Å². The average Bonchev–Trinajstić information content (AvgIpc) is 3.52. The van der Waals surface area contributed by atoms with Crippen LogP contribution in [0.15, 0.2) is 47.5 Å². The molecular formula is C33H32ClN7O3S. The fourth-order valence-electron chi connectivity index (χ4n) is 5.80. The molecule has 0 spiro atoms. The lowest BCUT2D eigenvalue weighted by atomic mass is 9.99. The lowest BCUT2D eigenvalue weighted by molar-refractivity contribution is -0.131. The number of halogens is 1. The first kappa shape index (κ1) is 30.5. The molecule has 230 valence electrons. The van der Waals surface area contributed by atoms with Gasteiger partial charge in [0.2, 0.25) is 5.91 Å². The second kappa shape index (κ2) is 12.5. The Hall–Kier alpha value is -4.50. The van der Waals surface area contributed by atoms with Gasteiger partial charge < -0.3 is 20.6 Å². The number of rotatable bonds is 5. The van der Waals surface area contributed by atoms with Gasteiger partial charge in [0.1, 0.15) is 16.9 Å². The first-order chi connectivity index (χ1) is 21.7. The molecule has 45 heavy (non-hydrogen) atoms. The molecule has 0 saturated carbocycles. The highest BCUT2D eigenvalue weighted by molar-refractivity contribution is 7.15. The Bertz CT molecular complexity index is 1890. The largest absolute Gasteiger partial charge is 0.478 e. The smallest absolute Gasteiger partial charge is 0.337 e. The van der Waals surface area contributed by atoms with Crippen LogP contribution in [0.4, 0.5) is 5.69 Å². The van der Waals surface area contributed by atoms with Crippen LogP contribution in [-0.2, 0) is 4.79 Å². The number of benzene rings is 2. The summed E-state index contributed by atoms with van der Waals surface area (Å²) in [6.45, 7) is 8.38. The summed E-state index contributed by atoms with van der Waals surface area (Å²) in [6, 6.07) is 12.3. The molecule has 6 rings (SSSR count). The van der Waals surface area contributed by atoms with Crippen molar-refractivity contribution in [2.45, 2.75) is 33.2 Å². The number of fused-ring (bicyclic) bond motifs is 3. The van der Waals surface area contributed by atoms with E-state index in [1.165, 1.54) is 4.88 Å². The van der Waals surface area contributed by atoms with Crippen LogP contribution in [0.25, 0.3) is 5.00 Å². The molecular weight excluding hydrogens is 610 g/mol. The van der Waals surface area contributed by atoms with Crippen LogP contribution in [0.2, 0.25) is 5.02 Å². The maximum Gasteiger partial charge on any atom is 0.337 e. The molecule has 2 aromatic carbocycles. The molecule has 0 bridgehead atoms. The number of carbonyl (C=O) groups excluding carboxylic acids is 1. The molecule has 2 aliphatic rings. The van der Waals surface area contributed by atoms with Crippen LogP contribution in [0, 0.1) is 32.6 Å². The van der Waals surface area contributed by atoms with Gasteiger partial charge in [0.15, 0.2) is 5.82 Å². The minimum atomic E-state index is -1.04. The van der Waals surface area contributed by atoms with Crippen molar-refractivity contribution in [3.05, 3.63) is 91.8 Å². The Kier molecular flexibility index (Phi) is 8.46. The molecule has 1 amide bonds. The number of piperazine rings is 1. The zero-order valence-corrected chi connectivity index (χ0v) is 26.7. The molecule has 0 unspecified atom stereocenters. The number of amides is 1. The predicted octanol–water partition coefficient (Wildman–Crippen LogP) is 4.55. The van der Waals surface area contributed by atoms with Crippen LogP contribution in [0.3, 0.4) is 0 Å². The van der Waals surface area contributed by atoms with Gasteiger partial charge in [0, 0.05) is 58.5 Å². The molecule has 2 aromatic heterocycles. The van der Waals surface area contributed by atoms with E-state index in [0.29, 0.717) is 42.6 Å². The average molecular weight is 642 g/mol. The van der Waals surface area contributed by atoms with E-state index in [1.807, 2.05) is 46.7 Å². The third kappa shape index (κ3) is 5.84. The second-order valence-corrected chi connectivity index (χ2v) is 12.7. The molecule has 0 aliphatic carbocycles. The summed E-state index contributed by atoms with van der Waals surface area (Å²) in [4.78, 5) is 36.0. The molecule has 3 N–H and O–H groups in total. The van der Waals surface area contributed by atoms with Crippen LogP contribution in [-0.4, -0.2) is 75.1 Å². The maximum atomic E-state index is 13.8. The molecule has 4 heterocycles. The van der Waals surface area contributed by atoms with Gasteiger partial charge in [-0.3, -0.25) is 14.4 Å². The van der Waals surface area contributed by atoms with E-state index in [9.17, 15) is 14.7 Å². The second-order valence-electron chi connectivity index (χ2n) is 11.0. The van der Waals surface area contributed by atoms with Gasteiger partial charge in [-0.2, -0.15) is 0 Å². The molecule has 1 fully saturated rings. The zero-order valence-electron chi connectivity index (χ0n) is 25.2. The summed E-state index contributed by atoms with van der Waals surface area (Å²) in [5, 5.41) is 20.3. The number of nitrogens with two attached hydrogens (primary N) is 1. The molecule has 10 nitrogen and oxygen atoms in total. The first-order valence-electron chi connectivity index (χ1n) is 14.6. The van der Waals surface area contributed by atoms with E-state index in [4.69, 9.17) is 22.3 Å². The molecule has 1 saturated heterocycles. The zero-order chi connectivity index (χ0) is 31.8. The van der Waals surface area contributed by atoms with Crippen molar-refractivity contribution < 1.29 is 14.7 Å². The van der Waals surface area contributed by atoms with E-state index in [0.717, 1.165) is 38.9 Å². The van der Waals surface area contributed by atoms with Gasteiger partial charge in [-0.05, 0) is 56.7 Å². The number of aliphatic imine (C=N–C) groups is 1. The normalized spacial score (nSPS) is 15.8. The highest BCUT2D eigenvalue weighted by Crippen LogP contribution is 2.40. The van der Waals surface area contributed by atoms with Gasteiger partial charge in [-0.1, -0.05) is 35.6 Å². The van der Waals surface area contributed by atoms with Gasteiger partial charge >= 0.3 is 5.97 Å². The summed E-state index contributed by atoms with van der Waals surface area (Å²) >= 11 is 7.90.